The van der Waals surface area contributed by atoms with Crippen molar-refractivity contribution in [3.8, 4) is 0 Å². The van der Waals surface area contributed by atoms with E-state index in [1.165, 1.54) is 6.07 Å². The molecule has 0 aliphatic rings. The van der Waals surface area contributed by atoms with Gasteiger partial charge in [-0.3, -0.25) is 9.52 Å². The van der Waals surface area contributed by atoms with Crippen LogP contribution in [0.1, 0.15) is 15.9 Å². The smallest absolute Gasteiger partial charge is 0.255 e. The molecule has 0 radical (unpaired) electrons. The molecule has 0 unspecified atom stereocenters. The van der Waals surface area contributed by atoms with Crippen LogP contribution in [-0.4, -0.2) is 34.7 Å². The number of halogens is 1. The molecule has 0 fully saturated rings. The summed E-state index contributed by atoms with van der Waals surface area (Å²) in [5.41, 5.74) is 2.69. The first-order valence-electron chi connectivity index (χ1n) is 7.44. The van der Waals surface area contributed by atoms with Gasteiger partial charge in [0.25, 0.3) is 5.91 Å². The second-order valence-electron chi connectivity index (χ2n) is 5.89. The summed E-state index contributed by atoms with van der Waals surface area (Å²) in [4.78, 5) is 14.4. The third-order valence-electron chi connectivity index (χ3n) is 3.48. The Balaban J connectivity index is 2.34. The molecule has 6 nitrogen and oxygen atoms in total. The molecule has 2 N–H and O–H groups in total. The van der Waals surface area contributed by atoms with Crippen LogP contribution in [0.2, 0.25) is 5.02 Å². The molecule has 0 aliphatic heterocycles. The summed E-state index contributed by atoms with van der Waals surface area (Å²) >= 11 is 6.20. The minimum absolute atomic E-state index is 0.335. The van der Waals surface area contributed by atoms with Crippen LogP contribution < -0.4 is 14.9 Å². The molecule has 0 spiro atoms. The predicted molar refractivity (Wildman–Crippen MR) is 103 cm³/mol. The minimum Gasteiger partial charge on any atom is -0.375 e. The van der Waals surface area contributed by atoms with Crippen LogP contribution in [0, 0.1) is 6.92 Å². The van der Waals surface area contributed by atoms with Crippen LogP contribution in [0.5, 0.6) is 0 Å². The number of aryl methyl sites for hydroxylation is 1. The van der Waals surface area contributed by atoms with E-state index in [-0.39, 0.29) is 5.91 Å². The highest BCUT2D eigenvalue weighted by molar-refractivity contribution is 7.92. The fraction of sp³-hybridized carbons (Fsp3) is 0.235. The van der Waals surface area contributed by atoms with Crippen molar-refractivity contribution >= 4 is 44.6 Å². The molecule has 2 rings (SSSR count). The van der Waals surface area contributed by atoms with E-state index in [1.54, 1.807) is 37.3 Å². The van der Waals surface area contributed by atoms with Gasteiger partial charge in [-0.05, 0) is 36.8 Å². The summed E-state index contributed by atoms with van der Waals surface area (Å²) < 4.78 is 25.3. The molecule has 0 aliphatic carbocycles. The molecule has 8 heteroatoms. The lowest BCUT2D eigenvalue weighted by molar-refractivity contribution is 0.102. The van der Waals surface area contributed by atoms with Gasteiger partial charge in [0.2, 0.25) is 10.0 Å². The van der Waals surface area contributed by atoms with Gasteiger partial charge in [0.15, 0.2) is 0 Å². The van der Waals surface area contributed by atoms with Crippen molar-refractivity contribution in [2.24, 2.45) is 0 Å². The largest absolute Gasteiger partial charge is 0.375 e. The summed E-state index contributed by atoms with van der Waals surface area (Å²) in [5.74, 6) is -0.359. The Morgan fingerprint density at radius 2 is 1.80 bits per heavy atom. The minimum atomic E-state index is -3.43. The third-order valence-corrected chi connectivity index (χ3v) is 4.37. The second-order valence-corrected chi connectivity index (χ2v) is 8.04. The highest BCUT2D eigenvalue weighted by atomic mass is 35.5. The summed E-state index contributed by atoms with van der Waals surface area (Å²) in [6.07, 6.45) is 1.06. The first-order chi connectivity index (χ1) is 11.6. The first kappa shape index (κ1) is 19.1. The first-order valence-corrected chi connectivity index (χ1v) is 9.71. The second kappa shape index (κ2) is 7.33. The van der Waals surface area contributed by atoms with Crippen LogP contribution in [-0.2, 0) is 10.0 Å². The Morgan fingerprint density at radius 1 is 1.12 bits per heavy atom. The number of carbonyl (C=O) groups is 1. The fourth-order valence-corrected chi connectivity index (χ4v) is 3.30. The number of sulfonamides is 1. The number of para-hydroxylation sites is 1. The van der Waals surface area contributed by atoms with Crippen molar-refractivity contribution in [1.82, 2.24) is 0 Å². The molecule has 0 heterocycles. The molecule has 0 bridgehead atoms. The molecule has 0 atom stereocenters. The van der Waals surface area contributed by atoms with Gasteiger partial charge >= 0.3 is 0 Å². The van der Waals surface area contributed by atoms with Crippen LogP contribution in [0.3, 0.4) is 0 Å². The van der Waals surface area contributed by atoms with Gasteiger partial charge in [0.1, 0.15) is 0 Å². The number of nitrogens with zero attached hydrogens (tertiary/aromatic N) is 1. The zero-order chi connectivity index (χ0) is 18.8. The van der Waals surface area contributed by atoms with Gasteiger partial charge in [-0.25, -0.2) is 8.42 Å². The van der Waals surface area contributed by atoms with E-state index < -0.39 is 10.0 Å². The Labute approximate surface area is 152 Å². The average Bonchev–Trinajstić information content (AvgIpc) is 2.47. The number of rotatable bonds is 5. The quantitative estimate of drug-likeness (QED) is 0.832. The maximum Gasteiger partial charge on any atom is 0.255 e. The van der Waals surface area contributed by atoms with Gasteiger partial charge in [0.05, 0.1) is 28.3 Å². The number of anilines is 3. The Bertz CT molecular complexity index is 911. The number of hydrogen-bond donors (Lipinski definition) is 2. The normalized spacial score (nSPS) is 11.1. The van der Waals surface area contributed by atoms with Gasteiger partial charge in [0, 0.05) is 19.7 Å². The van der Waals surface area contributed by atoms with Gasteiger partial charge < -0.3 is 10.2 Å². The Morgan fingerprint density at radius 3 is 2.40 bits per heavy atom. The van der Waals surface area contributed by atoms with E-state index in [2.05, 4.69) is 10.0 Å². The number of hydrogen-bond acceptors (Lipinski definition) is 4. The molecule has 2 aromatic rings. The number of amides is 1. The van der Waals surface area contributed by atoms with E-state index in [1.807, 2.05) is 19.0 Å². The zero-order valence-corrected chi connectivity index (χ0v) is 16.0. The van der Waals surface area contributed by atoms with Crippen LogP contribution in [0.25, 0.3) is 0 Å². The maximum absolute atomic E-state index is 12.6. The molecule has 0 aromatic heterocycles. The Hall–Kier alpha value is -2.25. The fourth-order valence-electron chi connectivity index (χ4n) is 2.34. The van der Waals surface area contributed by atoms with Crippen LogP contribution in [0.4, 0.5) is 17.1 Å². The van der Waals surface area contributed by atoms with E-state index in [0.717, 1.165) is 11.8 Å². The topological polar surface area (TPSA) is 78.5 Å². The van der Waals surface area contributed by atoms with E-state index in [9.17, 15) is 13.2 Å². The van der Waals surface area contributed by atoms with Crippen molar-refractivity contribution in [1.29, 1.82) is 0 Å². The summed E-state index contributed by atoms with van der Waals surface area (Å²) in [7, 11) is 0.230. The molecular formula is C17H20ClN3O3S. The van der Waals surface area contributed by atoms with Crippen molar-refractivity contribution in [3.63, 3.8) is 0 Å². The monoisotopic (exact) mass is 381 g/mol. The number of benzene rings is 2. The summed E-state index contributed by atoms with van der Waals surface area (Å²) in [6, 6.07) is 10.1. The molecular weight excluding hydrogens is 362 g/mol. The van der Waals surface area contributed by atoms with Crippen molar-refractivity contribution in [2.75, 3.05) is 35.3 Å². The predicted octanol–water partition coefficient (Wildman–Crippen LogP) is 3.34. The zero-order valence-electron chi connectivity index (χ0n) is 14.4. The van der Waals surface area contributed by atoms with Crippen molar-refractivity contribution in [2.45, 2.75) is 6.92 Å². The average molecular weight is 382 g/mol. The third kappa shape index (κ3) is 4.87. The Kier molecular flexibility index (Phi) is 5.59. The molecule has 0 saturated heterocycles. The summed E-state index contributed by atoms with van der Waals surface area (Å²) in [5, 5.41) is 3.34. The molecule has 2 aromatic carbocycles. The SMILES string of the molecule is Cc1ccc(C(=O)Nc2cccc(Cl)c2N(C)C)cc1NS(C)(=O)=O. The van der Waals surface area contributed by atoms with E-state index >= 15 is 0 Å². The molecule has 134 valence electrons. The number of carbonyl (C=O) groups excluding carboxylic acids is 1. The van der Waals surface area contributed by atoms with E-state index in [0.29, 0.717) is 27.6 Å². The highest BCUT2D eigenvalue weighted by Gasteiger charge is 2.15. The van der Waals surface area contributed by atoms with Crippen molar-refractivity contribution < 1.29 is 13.2 Å². The van der Waals surface area contributed by atoms with Gasteiger partial charge in [-0.2, -0.15) is 0 Å². The standard InChI is InChI=1S/C17H20ClN3O3S/c1-11-8-9-12(10-15(11)20-25(4,23)24)17(22)19-14-7-5-6-13(18)16(14)21(2)3/h5-10,20H,1-4H3,(H,19,22). The van der Waals surface area contributed by atoms with E-state index in [4.69, 9.17) is 11.6 Å². The maximum atomic E-state index is 12.6. The lowest BCUT2D eigenvalue weighted by Crippen LogP contribution is -2.18. The van der Waals surface area contributed by atoms with Gasteiger partial charge in [-0.1, -0.05) is 23.7 Å². The van der Waals surface area contributed by atoms with Crippen LogP contribution >= 0.6 is 11.6 Å². The molecule has 1 amide bonds. The molecule has 0 saturated carbocycles. The van der Waals surface area contributed by atoms with Crippen molar-refractivity contribution in [3.05, 3.63) is 52.5 Å². The van der Waals surface area contributed by atoms with Gasteiger partial charge in [-0.15, -0.1) is 0 Å². The molecule has 25 heavy (non-hydrogen) atoms. The lowest BCUT2D eigenvalue weighted by Gasteiger charge is -2.19. The summed E-state index contributed by atoms with van der Waals surface area (Å²) in [6.45, 7) is 1.76. The van der Waals surface area contributed by atoms with Crippen LogP contribution in [0.15, 0.2) is 36.4 Å². The highest BCUT2D eigenvalue weighted by Crippen LogP contribution is 2.32. The lowest BCUT2D eigenvalue weighted by atomic mass is 10.1. The number of nitrogens with one attached hydrogen (secondary N) is 2.